The Kier molecular flexibility index (Phi) is 3.42. The molecule has 4 heteroatoms. The first kappa shape index (κ1) is 11.6. The zero-order valence-corrected chi connectivity index (χ0v) is 9.68. The van der Waals surface area contributed by atoms with E-state index in [-0.39, 0.29) is 24.4 Å². The number of hydrogen-bond donors (Lipinski definition) is 1. The average molecular weight is 233 g/mol. The normalized spacial score (nSPS) is 21.7. The highest BCUT2D eigenvalue weighted by molar-refractivity contribution is 5.93. The highest BCUT2D eigenvalue weighted by Crippen LogP contribution is 2.38. The standard InChI is InChI=1S/C13H15NO3/c1-9-7-11(9)13(16)17-8-12(15)14-10-5-3-2-4-6-10/h2-6,9,11H,7-8H2,1H3,(H,14,15)/t9-,11-/m1/s1. The second-order valence-corrected chi connectivity index (χ2v) is 4.34. The van der Waals surface area contributed by atoms with Gasteiger partial charge in [-0.3, -0.25) is 9.59 Å². The van der Waals surface area contributed by atoms with Gasteiger partial charge in [-0.1, -0.05) is 25.1 Å². The third-order valence-corrected chi connectivity index (χ3v) is 2.82. The number of para-hydroxylation sites is 1. The molecule has 1 fully saturated rings. The Labute approximate surface area is 100.0 Å². The molecular weight excluding hydrogens is 218 g/mol. The number of carbonyl (C=O) groups is 2. The molecule has 0 aliphatic heterocycles. The molecule has 0 spiro atoms. The minimum atomic E-state index is -0.308. The monoisotopic (exact) mass is 233 g/mol. The van der Waals surface area contributed by atoms with Crippen molar-refractivity contribution in [3.63, 3.8) is 0 Å². The van der Waals surface area contributed by atoms with Crippen molar-refractivity contribution >= 4 is 17.6 Å². The second-order valence-electron chi connectivity index (χ2n) is 4.34. The molecule has 1 N–H and O–H groups in total. The number of anilines is 1. The summed E-state index contributed by atoms with van der Waals surface area (Å²) in [6.07, 6.45) is 0.874. The lowest BCUT2D eigenvalue weighted by Crippen LogP contribution is -2.21. The molecule has 17 heavy (non-hydrogen) atoms. The Morgan fingerprint density at radius 1 is 1.35 bits per heavy atom. The summed E-state index contributed by atoms with van der Waals surface area (Å²) in [6.45, 7) is 1.78. The number of nitrogens with one attached hydrogen (secondary N) is 1. The maximum absolute atomic E-state index is 11.5. The van der Waals surface area contributed by atoms with Crippen LogP contribution < -0.4 is 5.32 Å². The van der Waals surface area contributed by atoms with Crippen molar-refractivity contribution in [2.45, 2.75) is 13.3 Å². The van der Waals surface area contributed by atoms with Crippen LogP contribution in [-0.2, 0) is 14.3 Å². The van der Waals surface area contributed by atoms with Gasteiger partial charge in [0.1, 0.15) is 0 Å². The summed E-state index contributed by atoms with van der Waals surface area (Å²) in [5.74, 6) is -0.169. The van der Waals surface area contributed by atoms with Crippen LogP contribution in [0.5, 0.6) is 0 Å². The predicted octanol–water partition coefficient (Wildman–Crippen LogP) is 1.82. The van der Waals surface area contributed by atoms with Crippen LogP contribution in [0.1, 0.15) is 13.3 Å². The third-order valence-electron chi connectivity index (χ3n) is 2.82. The van der Waals surface area contributed by atoms with Crippen molar-refractivity contribution < 1.29 is 14.3 Å². The molecule has 2 rings (SSSR count). The van der Waals surface area contributed by atoms with Gasteiger partial charge >= 0.3 is 5.97 Å². The van der Waals surface area contributed by atoms with Crippen molar-refractivity contribution in [3.05, 3.63) is 30.3 Å². The fraction of sp³-hybridized carbons (Fsp3) is 0.385. The van der Waals surface area contributed by atoms with Gasteiger partial charge in [-0.15, -0.1) is 0 Å². The molecule has 0 saturated heterocycles. The number of rotatable bonds is 4. The van der Waals surface area contributed by atoms with Gasteiger partial charge in [0.2, 0.25) is 0 Å². The van der Waals surface area contributed by atoms with Gasteiger partial charge in [-0.05, 0) is 24.5 Å². The van der Waals surface area contributed by atoms with E-state index in [9.17, 15) is 9.59 Å². The Bertz CT molecular complexity index is 416. The summed E-state index contributed by atoms with van der Waals surface area (Å²) >= 11 is 0. The molecule has 1 aromatic carbocycles. The highest BCUT2D eigenvalue weighted by Gasteiger charge is 2.40. The molecule has 4 nitrogen and oxygen atoms in total. The molecule has 0 radical (unpaired) electrons. The fourth-order valence-electron chi connectivity index (χ4n) is 1.61. The molecule has 0 bridgehead atoms. The van der Waals surface area contributed by atoms with E-state index in [2.05, 4.69) is 5.32 Å². The van der Waals surface area contributed by atoms with Gasteiger partial charge in [0.15, 0.2) is 6.61 Å². The smallest absolute Gasteiger partial charge is 0.309 e. The van der Waals surface area contributed by atoms with Crippen molar-refractivity contribution in [1.29, 1.82) is 0 Å². The van der Waals surface area contributed by atoms with Crippen LogP contribution in [-0.4, -0.2) is 18.5 Å². The van der Waals surface area contributed by atoms with Crippen LogP contribution in [0.25, 0.3) is 0 Å². The Morgan fingerprint density at radius 2 is 2.00 bits per heavy atom. The lowest BCUT2D eigenvalue weighted by Gasteiger charge is -2.05. The SMILES string of the molecule is C[C@@H]1C[C@H]1C(=O)OCC(=O)Nc1ccccc1. The first-order chi connectivity index (χ1) is 8.16. The maximum atomic E-state index is 11.5. The molecule has 90 valence electrons. The number of carbonyl (C=O) groups excluding carboxylic acids is 2. The van der Waals surface area contributed by atoms with E-state index in [1.54, 1.807) is 12.1 Å². The van der Waals surface area contributed by atoms with Gasteiger partial charge in [-0.2, -0.15) is 0 Å². The number of benzene rings is 1. The lowest BCUT2D eigenvalue weighted by atomic mass is 10.3. The van der Waals surface area contributed by atoms with Crippen LogP contribution in [0.4, 0.5) is 5.69 Å². The molecule has 1 aromatic rings. The summed E-state index contributed by atoms with van der Waals surface area (Å²) < 4.78 is 4.92. The van der Waals surface area contributed by atoms with E-state index in [1.165, 1.54) is 0 Å². The van der Waals surface area contributed by atoms with Crippen molar-refractivity contribution in [1.82, 2.24) is 0 Å². The average Bonchev–Trinajstić information content (AvgIpc) is 3.05. The Hall–Kier alpha value is -1.84. The molecule has 1 aliphatic rings. The van der Waals surface area contributed by atoms with Crippen LogP contribution >= 0.6 is 0 Å². The summed E-state index contributed by atoms with van der Waals surface area (Å²) in [4.78, 5) is 22.8. The van der Waals surface area contributed by atoms with Gasteiger partial charge in [0.25, 0.3) is 5.91 Å². The van der Waals surface area contributed by atoms with E-state index >= 15 is 0 Å². The zero-order valence-electron chi connectivity index (χ0n) is 9.68. The Balaban J connectivity index is 1.73. The first-order valence-electron chi connectivity index (χ1n) is 5.68. The first-order valence-corrected chi connectivity index (χ1v) is 5.68. The molecule has 2 atom stereocenters. The topological polar surface area (TPSA) is 55.4 Å². The molecule has 0 aromatic heterocycles. The number of amides is 1. The van der Waals surface area contributed by atoms with Gasteiger partial charge in [-0.25, -0.2) is 0 Å². The molecule has 1 aliphatic carbocycles. The van der Waals surface area contributed by atoms with Gasteiger partial charge in [0, 0.05) is 5.69 Å². The number of esters is 1. The number of ether oxygens (including phenoxy) is 1. The second kappa shape index (κ2) is 4.99. The minimum absolute atomic E-state index is 0.000440. The summed E-state index contributed by atoms with van der Waals surface area (Å²) in [5.41, 5.74) is 0.702. The predicted molar refractivity (Wildman–Crippen MR) is 63.3 cm³/mol. The maximum Gasteiger partial charge on any atom is 0.309 e. The van der Waals surface area contributed by atoms with E-state index in [1.807, 2.05) is 25.1 Å². The zero-order chi connectivity index (χ0) is 12.3. The third kappa shape index (κ3) is 3.31. The number of hydrogen-bond acceptors (Lipinski definition) is 3. The molecule has 1 saturated carbocycles. The van der Waals surface area contributed by atoms with Gasteiger partial charge in [0.05, 0.1) is 5.92 Å². The van der Waals surface area contributed by atoms with Crippen LogP contribution in [0.15, 0.2) is 30.3 Å². The molecule has 0 unspecified atom stereocenters. The molecule has 1 amide bonds. The minimum Gasteiger partial charge on any atom is -0.455 e. The van der Waals surface area contributed by atoms with E-state index < -0.39 is 0 Å². The summed E-state index contributed by atoms with van der Waals surface area (Å²) in [6, 6.07) is 9.08. The van der Waals surface area contributed by atoms with Crippen LogP contribution in [0.3, 0.4) is 0 Å². The van der Waals surface area contributed by atoms with Crippen molar-refractivity contribution in [2.75, 3.05) is 11.9 Å². The molecular formula is C13H15NO3. The quantitative estimate of drug-likeness (QED) is 0.807. The lowest BCUT2D eigenvalue weighted by molar-refractivity contribution is -0.148. The van der Waals surface area contributed by atoms with Gasteiger partial charge < -0.3 is 10.1 Å². The van der Waals surface area contributed by atoms with Crippen LogP contribution in [0.2, 0.25) is 0 Å². The van der Waals surface area contributed by atoms with Crippen molar-refractivity contribution in [3.8, 4) is 0 Å². The highest BCUT2D eigenvalue weighted by atomic mass is 16.5. The van der Waals surface area contributed by atoms with Crippen LogP contribution in [0, 0.1) is 11.8 Å². The largest absolute Gasteiger partial charge is 0.455 e. The summed E-state index contributed by atoms with van der Waals surface area (Å²) in [7, 11) is 0. The summed E-state index contributed by atoms with van der Waals surface area (Å²) in [5, 5.41) is 2.65. The molecule has 0 heterocycles. The van der Waals surface area contributed by atoms with E-state index in [0.29, 0.717) is 11.6 Å². The Morgan fingerprint density at radius 3 is 2.59 bits per heavy atom. The fourth-order valence-corrected chi connectivity index (χ4v) is 1.61. The van der Waals surface area contributed by atoms with E-state index in [4.69, 9.17) is 4.74 Å². The van der Waals surface area contributed by atoms with Crippen molar-refractivity contribution in [2.24, 2.45) is 11.8 Å². The van der Waals surface area contributed by atoms with E-state index in [0.717, 1.165) is 6.42 Å².